The standard InChI is InChI=1S/C21H34N4.HI/c1-3-4-12-22-21(23-14-18-7-5-17(2)6-8-18)24-15-19-11-13-25(16-19)20-9-10-20;/h5-8,19-20H,3-4,9-16H2,1-2H3,(H2,22,23,24);1H. The molecule has 1 saturated carbocycles. The van der Waals surface area contributed by atoms with E-state index in [0.29, 0.717) is 0 Å². The van der Waals surface area contributed by atoms with Crippen molar-refractivity contribution in [2.45, 2.75) is 58.5 Å². The van der Waals surface area contributed by atoms with Crippen molar-refractivity contribution in [1.29, 1.82) is 0 Å². The molecule has 1 unspecified atom stereocenters. The molecule has 0 amide bonds. The molecule has 1 aromatic carbocycles. The normalized spacial score (nSPS) is 20.7. The Kier molecular flexibility index (Phi) is 9.19. The number of aryl methyl sites for hydroxylation is 1. The molecule has 2 N–H and O–H groups in total. The third-order valence-corrected chi connectivity index (χ3v) is 5.30. The fourth-order valence-corrected chi connectivity index (χ4v) is 3.46. The van der Waals surface area contributed by atoms with Crippen LogP contribution in [0.25, 0.3) is 0 Å². The third kappa shape index (κ3) is 7.06. The van der Waals surface area contributed by atoms with Crippen LogP contribution in [-0.2, 0) is 6.54 Å². The lowest BCUT2D eigenvalue weighted by Gasteiger charge is -2.17. The number of rotatable bonds is 8. The van der Waals surface area contributed by atoms with Crippen molar-refractivity contribution in [2.24, 2.45) is 10.9 Å². The number of hydrogen-bond donors (Lipinski definition) is 2. The number of aliphatic imine (C=N–C) groups is 1. The summed E-state index contributed by atoms with van der Waals surface area (Å²) in [5.41, 5.74) is 2.57. The molecule has 4 nitrogen and oxygen atoms in total. The van der Waals surface area contributed by atoms with Crippen LogP contribution >= 0.6 is 24.0 Å². The van der Waals surface area contributed by atoms with Gasteiger partial charge in [0.1, 0.15) is 0 Å². The monoisotopic (exact) mass is 470 g/mol. The molecule has 0 aromatic heterocycles. The smallest absolute Gasteiger partial charge is 0.191 e. The lowest BCUT2D eigenvalue weighted by atomic mass is 10.1. The number of likely N-dealkylation sites (tertiary alicyclic amines) is 1. The summed E-state index contributed by atoms with van der Waals surface area (Å²) in [4.78, 5) is 7.48. The first-order chi connectivity index (χ1) is 12.2. The zero-order valence-corrected chi connectivity index (χ0v) is 18.7. The van der Waals surface area contributed by atoms with Gasteiger partial charge in [0, 0.05) is 25.7 Å². The molecule has 1 heterocycles. The van der Waals surface area contributed by atoms with Gasteiger partial charge in [0.15, 0.2) is 5.96 Å². The average Bonchev–Trinajstić information content (AvgIpc) is 3.37. The Hall–Kier alpha value is -0.820. The fourth-order valence-electron chi connectivity index (χ4n) is 3.46. The van der Waals surface area contributed by atoms with Crippen molar-refractivity contribution >= 4 is 29.9 Å². The van der Waals surface area contributed by atoms with Gasteiger partial charge < -0.3 is 15.5 Å². The molecule has 1 atom stereocenters. The van der Waals surface area contributed by atoms with Gasteiger partial charge in [-0.3, -0.25) is 0 Å². The highest BCUT2D eigenvalue weighted by Gasteiger charge is 2.34. The van der Waals surface area contributed by atoms with E-state index in [1.807, 2.05) is 0 Å². The molecule has 1 aliphatic heterocycles. The molecule has 5 heteroatoms. The highest BCUT2D eigenvalue weighted by atomic mass is 127. The quantitative estimate of drug-likeness (QED) is 0.262. The SMILES string of the molecule is CCCCNC(=NCc1ccc(C)cc1)NCC1CCN(C2CC2)C1.I. The summed E-state index contributed by atoms with van der Waals surface area (Å²) in [7, 11) is 0. The van der Waals surface area contributed by atoms with Crippen LogP contribution in [-0.4, -0.2) is 43.1 Å². The Morgan fingerprint density at radius 1 is 1.15 bits per heavy atom. The van der Waals surface area contributed by atoms with Gasteiger partial charge in [-0.2, -0.15) is 0 Å². The second-order valence-corrected chi connectivity index (χ2v) is 7.69. The van der Waals surface area contributed by atoms with Crippen molar-refractivity contribution in [1.82, 2.24) is 15.5 Å². The molecule has 0 bridgehead atoms. The molecule has 1 aliphatic carbocycles. The van der Waals surface area contributed by atoms with Crippen molar-refractivity contribution in [3.63, 3.8) is 0 Å². The number of halogens is 1. The van der Waals surface area contributed by atoms with E-state index >= 15 is 0 Å². The van der Waals surface area contributed by atoms with E-state index in [9.17, 15) is 0 Å². The number of benzene rings is 1. The molecule has 2 aliphatic rings. The van der Waals surface area contributed by atoms with Crippen molar-refractivity contribution in [3.8, 4) is 0 Å². The molecule has 0 radical (unpaired) electrons. The number of guanidine groups is 1. The van der Waals surface area contributed by atoms with Crippen LogP contribution in [0, 0.1) is 12.8 Å². The number of nitrogens with one attached hydrogen (secondary N) is 2. The van der Waals surface area contributed by atoms with Gasteiger partial charge in [-0.05, 0) is 50.6 Å². The largest absolute Gasteiger partial charge is 0.356 e. The van der Waals surface area contributed by atoms with Gasteiger partial charge in [-0.1, -0.05) is 43.2 Å². The van der Waals surface area contributed by atoms with Gasteiger partial charge in [0.25, 0.3) is 0 Å². The Balaban J connectivity index is 0.00000243. The van der Waals surface area contributed by atoms with Crippen LogP contribution in [0.3, 0.4) is 0 Å². The van der Waals surface area contributed by atoms with Crippen LogP contribution in [0.15, 0.2) is 29.3 Å². The molecule has 3 rings (SSSR count). The van der Waals surface area contributed by atoms with Crippen molar-refractivity contribution in [3.05, 3.63) is 35.4 Å². The molecule has 1 aromatic rings. The van der Waals surface area contributed by atoms with Gasteiger partial charge in [0.05, 0.1) is 6.54 Å². The maximum absolute atomic E-state index is 4.80. The Morgan fingerprint density at radius 2 is 1.92 bits per heavy atom. The predicted octanol–water partition coefficient (Wildman–Crippen LogP) is 3.93. The maximum Gasteiger partial charge on any atom is 0.191 e. The van der Waals surface area contributed by atoms with Gasteiger partial charge in [-0.15, -0.1) is 24.0 Å². The second-order valence-electron chi connectivity index (χ2n) is 7.69. The summed E-state index contributed by atoms with van der Waals surface area (Å²) in [5, 5.41) is 7.09. The molecular formula is C21H35IN4. The van der Waals surface area contributed by atoms with Crippen LogP contribution in [0.2, 0.25) is 0 Å². The van der Waals surface area contributed by atoms with E-state index in [1.165, 1.54) is 56.3 Å². The summed E-state index contributed by atoms with van der Waals surface area (Å²) in [6.07, 6.45) is 6.55. The number of nitrogens with zero attached hydrogens (tertiary/aromatic N) is 2. The highest BCUT2D eigenvalue weighted by Crippen LogP contribution is 2.31. The Labute approximate surface area is 176 Å². The van der Waals surface area contributed by atoms with Gasteiger partial charge >= 0.3 is 0 Å². The average molecular weight is 470 g/mol. The first kappa shape index (κ1) is 21.5. The van der Waals surface area contributed by atoms with Gasteiger partial charge in [0.2, 0.25) is 0 Å². The lowest BCUT2D eigenvalue weighted by molar-refractivity contribution is 0.314. The van der Waals surface area contributed by atoms with Crippen LogP contribution in [0.5, 0.6) is 0 Å². The maximum atomic E-state index is 4.80. The lowest BCUT2D eigenvalue weighted by Crippen LogP contribution is -2.40. The van der Waals surface area contributed by atoms with E-state index in [1.54, 1.807) is 0 Å². The van der Waals surface area contributed by atoms with Crippen LogP contribution in [0.4, 0.5) is 0 Å². The van der Waals surface area contributed by atoms with E-state index in [0.717, 1.165) is 37.6 Å². The second kappa shape index (κ2) is 11.1. The first-order valence-corrected chi connectivity index (χ1v) is 10.1. The van der Waals surface area contributed by atoms with E-state index < -0.39 is 0 Å². The van der Waals surface area contributed by atoms with E-state index in [4.69, 9.17) is 4.99 Å². The van der Waals surface area contributed by atoms with Crippen molar-refractivity contribution < 1.29 is 0 Å². The Morgan fingerprint density at radius 3 is 2.62 bits per heavy atom. The zero-order chi connectivity index (χ0) is 17.5. The summed E-state index contributed by atoms with van der Waals surface area (Å²) in [5.74, 6) is 1.73. The predicted molar refractivity (Wildman–Crippen MR) is 121 cm³/mol. The van der Waals surface area contributed by atoms with Crippen LogP contribution < -0.4 is 10.6 Å². The molecule has 146 valence electrons. The summed E-state index contributed by atoms with van der Waals surface area (Å²) >= 11 is 0. The summed E-state index contributed by atoms with van der Waals surface area (Å²) in [6, 6.07) is 9.57. The molecule has 0 spiro atoms. The third-order valence-electron chi connectivity index (χ3n) is 5.30. The Bertz CT molecular complexity index is 554. The molecule has 2 fully saturated rings. The molecular weight excluding hydrogens is 435 g/mol. The van der Waals surface area contributed by atoms with Crippen LogP contribution in [0.1, 0.15) is 50.2 Å². The summed E-state index contributed by atoms with van der Waals surface area (Å²) in [6.45, 7) is 9.67. The van der Waals surface area contributed by atoms with Crippen molar-refractivity contribution in [2.75, 3.05) is 26.2 Å². The molecule has 26 heavy (non-hydrogen) atoms. The van der Waals surface area contributed by atoms with E-state index in [2.05, 4.69) is 53.6 Å². The topological polar surface area (TPSA) is 39.7 Å². The number of hydrogen-bond acceptors (Lipinski definition) is 2. The summed E-state index contributed by atoms with van der Waals surface area (Å²) < 4.78 is 0. The zero-order valence-electron chi connectivity index (χ0n) is 16.3. The minimum absolute atomic E-state index is 0. The fraction of sp³-hybridized carbons (Fsp3) is 0.667. The first-order valence-electron chi connectivity index (χ1n) is 10.1. The van der Waals surface area contributed by atoms with E-state index in [-0.39, 0.29) is 24.0 Å². The molecule has 1 saturated heterocycles. The highest BCUT2D eigenvalue weighted by molar-refractivity contribution is 14.0. The minimum Gasteiger partial charge on any atom is -0.356 e. The minimum atomic E-state index is 0. The number of unbranched alkanes of at least 4 members (excludes halogenated alkanes) is 1. The van der Waals surface area contributed by atoms with Gasteiger partial charge in [-0.25, -0.2) is 4.99 Å².